The van der Waals surface area contributed by atoms with Crippen LogP contribution in [0.4, 0.5) is 0 Å². The number of hydrogen-bond donors (Lipinski definition) is 1. The van der Waals surface area contributed by atoms with Gasteiger partial charge in [-0.2, -0.15) is 4.37 Å². The topological polar surface area (TPSA) is 33.1 Å². The van der Waals surface area contributed by atoms with Gasteiger partial charge in [0.2, 0.25) is 5.06 Å². The molecule has 0 aliphatic heterocycles. The van der Waals surface area contributed by atoms with Gasteiger partial charge in [0.1, 0.15) is 5.02 Å². The third kappa shape index (κ3) is 0.838. The summed E-state index contributed by atoms with van der Waals surface area (Å²) >= 11 is 6.30. The van der Waals surface area contributed by atoms with Crippen molar-refractivity contribution in [3.8, 4) is 5.06 Å². The fraction of sp³-hybridized carbons (Fsp3) is 0. The molecule has 0 amide bonds. The highest BCUT2D eigenvalue weighted by molar-refractivity contribution is 7.08. The molecule has 1 aromatic heterocycles. The second-order valence-corrected chi connectivity index (χ2v) is 2.17. The van der Waals surface area contributed by atoms with E-state index >= 15 is 0 Å². The van der Waals surface area contributed by atoms with Crippen molar-refractivity contribution >= 4 is 23.1 Å². The lowest BCUT2D eigenvalue weighted by molar-refractivity contribution is 0.491. The summed E-state index contributed by atoms with van der Waals surface area (Å²) in [6, 6.07) is 0. The van der Waals surface area contributed by atoms with Crippen molar-refractivity contribution < 1.29 is 5.11 Å². The van der Waals surface area contributed by atoms with Crippen LogP contribution in [0.15, 0.2) is 6.20 Å². The molecule has 1 N–H and O–H groups in total. The molecule has 0 saturated heterocycles. The summed E-state index contributed by atoms with van der Waals surface area (Å²) in [5.74, 6) is 0. The lowest BCUT2D eigenvalue weighted by Gasteiger charge is -1.74. The van der Waals surface area contributed by atoms with Gasteiger partial charge in [-0.3, -0.25) is 0 Å². The van der Waals surface area contributed by atoms with Crippen LogP contribution in [0, 0.1) is 0 Å². The smallest absolute Gasteiger partial charge is 0.209 e. The van der Waals surface area contributed by atoms with Crippen LogP contribution in [-0.4, -0.2) is 9.48 Å². The van der Waals surface area contributed by atoms with Gasteiger partial charge in [0.15, 0.2) is 0 Å². The Labute approximate surface area is 49.5 Å². The average Bonchev–Trinajstić information content (AvgIpc) is 1.91. The van der Waals surface area contributed by atoms with E-state index in [4.69, 9.17) is 16.7 Å². The quantitative estimate of drug-likeness (QED) is 0.585. The van der Waals surface area contributed by atoms with E-state index in [1.807, 2.05) is 0 Å². The zero-order chi connectivity index (χ0) is 5.28. The largest absolute Gasteiger partial charge is 0.497 e. The number of aromatic hydroxyl groups is 1. The summed E-state index contributed by atoms with van der Waals surface area (Å²) in [5, 5.41) is 8.99. The summed E-state index contributed by atoms with van der Waals surface area (Å²) in [6.07, 6.45) is 1.40. The lowest BCUT2D eigenvalue weighted by atomic mass is 10.7. The number of aromatic nitrogens is 1. The molecule has 2 nitrogen and oxygen atoms in total. The molecule has 0 aliphatic rings. The van der Waals surface area contributed by atoms with Gasteiger partial charge >= 0.3 is 0 Å². The molecule has 4 heteroatoms. The predicted molar refractivity (Wildman–Crippen MR) is 28.8 cm³/mol. The van der Waals surface area contributed by atoms with Crippen LogP contribution in [0.5, 0.6) is 5.06 Å². The van der Waals surface area contributed by atoms with Gasteiger partial charge in [0.25, 0.3) is 0 Å². The van der Waals surface area contributed by atoms with E-state index < -0.39 is 0 Å². The van der Waals surface area contributed by atoms with Gasteiger partial charge in [-0.15, -0.1) is 0 Å². The molecule has 0 aliphatic carbocycles. The fourth-order valence-electron chi connectivity index (χ4n) is 0.221. The van der Waals surface area contributed by atoms with E-state index in [-0.39, 0.29) is 5.06 Å². The molecule has 38 valence electrons. The Hall–Kier alpha value is -0.280. The van der Waals surface area contributed by atoms with Crippen LogP contribution in [0.3, 0.4) is 0 Å². The molecule has 0 saturated carbocycles. The van der Waals surface area contributed by atoms with E-state index in [1.165, 1.54) is 6.20 Å². The van der Waals surface area contributed by atoms with Gasteiger partial charge in [0.05, 0.1) is 6.20 Å². The van der Waals surface area contributed by atoms with Crippen molar-refractivity contribution in [3.63, 3.8) is 0 Å². The summed E-state index contributed by atoms with van der Waals surface area (Å²) in [7, 11) is 0. The molecule has 0 bridgehead atoms. The van der Waals surface area contributed by atoms with Crippen molar-refractivity contribution in [2.45, 2.75) is 0 Å². The molecule has 0 atom stereocenters. The van der Waals surface area contributed by atoms with Crippen LogP contribution >= 0.6 is 23.1 Å². The Kier molecular flexibility index (Phi) is 1.17. The van der Waals surface area contributed by atoms with Crippen LogP contribution in [0.1, 0.15) is 0 Å². The molecule has 0 fully saturated rings. The van der Waals surface area contributed by atoms with Gasteiger partial charge in [-0.25, -0.2) is 0 Å². The first-order valence-electron chi connectivity index (χ1n) is 1.60. The van der Waals surface area contributed by atoms with Crippen LogP contribution < -0.4 is 0 Å². The monoisotopic (exact) mass is 135 g/mol. The number of nitrogens with zero attached hydrogens (tertiary/aromatic N) is 1. The second kappa shape index (κ2) is 1.68. The number of halogens is 1. The molecular formula is C3H2ClNOS. The highest BCUT2D eigenvalue weighted by atomic mass is 35.5. The highest BCUT2D eigenvalue weighted by Gasteiger charge is 1.95. The average molecular weight is 136 g/mol. The minimum Gasteiger partial charge on any atom is -0.497 e. The van der Waals surface area contributed by atoms with E-state index in [1.54, 1.807) is 0 Å². The first-order valence-corrected chi connectivity index (χ1v) is 2.75. The van der Waals surface area contributed by atoms with Crippen LogP contribution in [-0.2, 0) is 0 Å². The maximum Gasteiger partial charge on any atom is 0.209 e. The summed E-state index contributed by atoms with van der Waals surface area (Å²) < 4.78 is 3.58. The number of rotatable bonds is 0. The van der Waals surface area contributed by atoms with Gasteiger partial charge in [0, 0.05) is 11.5 Å². The fourth-order valence-corrected chi connectivity index (χ4v) is 0.829. The zero-order valence-electron chi connectivity index (χ0n) is 3.26. The molecule has 7 heavy (non-hydrogen) atoms. The highest BCUT2D eigenvalue weighted by Crippen LogP contribution is 2.25. The van der Waals surface area contributed by atoms with Crippen molar-refractivity contribution in [1.29, 1.82) is 0 Å². The van der Waals surface area contributed by atoms with Crippen molar-refractivity contribution in [1.82, 2.24) is 4.37 Å². The standard InChI is InChI=1S/C3H2ClNOS/c4-2-1-5-7-3(2)6/h1,6H. The van der Waals surface area contributed by atoms with E-state index in [9.17, 15) is 0 Å². The molecule has 0 radical (unpaired) electrons. The van der Waals surface area contributed by atoms with Crippen molar-refractivity contribution in [2.24, 2.45) is 0 Å². The predicted octanol–water partition coefficient (Wildman–Crippen LogP) is 1.50. The summed E-state index contributed by atoms with van der Waals surface area (Å²) in [5.41, 5.74) is 0. The van der Waals surface area contributed by atoms with Crippen molar-refractivity contribution in [3.05, 3.63) is 11.2 Å². The minimum atomic E-state index is 0.0849. The van der Waals surface area contributed by atoms with E-state index in [0.717, 1.165) is 11.5 Å². The first kappa shape index (κ1) is 4.87. The second-order valence-electron chi connectivity index (χ2n) is 0.979. The number of hydrogen-bond acceptors (Lipinski definition) is 3. The maximum absolute atomic E-state index is 8.58. The van der Waals surface area contributed by atoms with Crippen LogP contribution in [0.2, 0.25) is 5.02 Å². The Bertz CT molecular complexity index is 147. The molecular weight excluding hydrogens is 134 g/mol. The first-order chi connectivity index (χ1) is 3.30. The van der Waals surface area contributed by atoms with Crippen LogP contribution in [0.25, 0.3) is 0 Å². The normalized spacial score (nSPS) is 9.29. The van der Waals surface area contributed by atoms with E-state index in [2.05, 4.69) is 4.37 Å². The van der Waals surface area contributed by atoms with Gasteiger partial charge in [-0.05, 0) is 0 Å². The third-order valence-electron chi connectivity index (χ3n) is 0.510. The Morgan fingerprint density at radius 3 is 2.71 bits per heavy atom. The molecule has 0 aromatic carbocycles. The lowest BCUT2D eigenvalue weighted by Crippen LogP contribution is -1.46. The SMILES string of the molecule is Oc1sncc1Cl. The molecule has 1 rings (SSSR count). The summed E-state index contributed by atoms with van der Waals surface area (Å²) in [4.78, 5) is 0. The molecule has 1 aromatic rings. The molecule has 1 heterocycles. The summed E-state index contributed by atoms with van der Waals surface area (Å²) in [6.45, 7) is 0. The molecule has 0 spiro atoms. The van der Waals surface area contributed by atoms with Crippen molar-refractivity contribution in [2.75, 3.05) is 0 Å². The van der Waals surface area contributed by atoms with Gasteiger partial charge < -0.3 is 5.11 Å². The zero-order valence-corrected chi connectivity index (χ0v) is 4.83. The van der Waals surface area contributed by atoms with Gasteiger partial charge in [-0.1, -0.05) is 11.6 Å². The van der Waals surface area contributed by atoms with E-state index in [0.29, 0.717) is 5.02 Å². The Morgan fingerprint density at radius 1 is 1.86 bits per heavy atom. The third-order valence-corrected chi connectivity index (χ3v) is 1.50. The Balaban J connectivity index is 3.12. The molecule has 0 unspecified atom stereocenters. The maximum atomic E-state index is 8.58. The minimum absolute atomic E-state index is 0.0849. The Morgan fingerprint density at radius 2 is 2.57 bits per heavy atom.